The Bertz CT molecular complexity index is 812. The Morgan fingerprint density at radius 3 is 3.12 bits per heavy atom. The number of nitrogens with zero attached hydrogens (tertiary/aromatic N) is 2. The summed E-state index contributed by atoms with van der Waals surface area (Å²) >= 11 is 1.63. The van der Waals surface area contributed by atoms with E-state index in [1.165, 1.54) is 11.0 Å². The molecule has 3 rings (SSSR count). The van der Waals surface area contributed by atoms with Crippen LogP contribution in [0.5, 0.6) is 0 Å². The smallest absolute Gasteiger partial charge is 0.229 e. The second-order valence-corrected chi connectivity index (χ2v) is 7.27. The summed E-state index contributed by atoms with van der Waals surface area (Å²) in [6.45, 7) is -0.00841. The van der Waals surface area contributed by atoms with Gasteiger partial charge in [-0.05, 0) is 30.6 Å². The van der Waals surface area contributed by atoms with E-state index < -0.39 is 11.7 Å². The summed E-state index contributed by atoms with van der Waals surface area (Å²) < 4.78 is 14.1. The van der Waals surface area contributed by atoms with E-state index in [1.54, 1.807) is 23.9 Å². The van der Waals surface area contributed by atoms with Crippen LogP contribution in [0.1, 0.15) is 12.8 Å². The molecule has 1 fully saturated rings. The van der Waals surface area contributed by atoms with Gasteiger partial charge in [-0.2, -0.15) is 16.9 Å². The average molecular weight is 380 g/mol. The summed E-state index contributed by atoms with van der Waals surface area (Å²) in [7, 11) is 0. The van der Waals surface area contributed by atoms with E-state index in [9.17, 15) is 19.1 Å². The standard InChI is InChI=1S/C17H21FN4O3S/c1-26-6-5-11(9-23)19-17(25)10-7-14(24)22(8-10)16-15-12(18)3-2-4-13(15)20-21-16/h2-4,10-11,23H,5-9H2,1H3,(H,19,25)(H,20,21)/t10-,11+/m1/s1. The van der Waals surface area contributed by atoms with Crippen molar-refractivity contribution >= 4 is 40.3 Å². The van der Waals surface area contributed by atoms with Gasteiger partial charge < -0.3 is 10.4 Å². The Morgan fingerprint density at radius 2 is 2.38 bits per heavy atom. The molecule has 0 saturated carbocycles. The van der Waals surface area contributed by atoms with Crippen LogP contribution in [-0.4, -0.2) is 58.3 Å². The van der Waals surface area contributed by atoms with Crippen LogP contribution < -0.4 is 10.2 Å². The molecule has 0 unspecified atom stereocenters. The highest BCUT2D eigenvalue weighted by Gasteiger charge is 2.37. The Kier molecular flexibility index (Phi) is 5.77. The zero-order chi connectivity index (χ0) is 18.7. The Hall–Kier alpha value is -2.13. The van der Waals surface area contributed by atoms with Crippen molar-refractivity contribution in [1.29, 1.82) is 0 Å². The molecule has 2 amide bonds. The monoisotopic (exact) mass is 380 g/mol. The predicted molar refractivity (Wildman–Crippen MR) is 98.5 cm³/mol. The SMILES string of the molecule is CSCC[C@@H](CO)NC(=O)[C@@H]1CC(=O)N(c2n[nH]c3cccc(F)c23)C1. The van der Waals surface area contributed by atoms with Gasteiger partial charge in [0.1, 0.15) is 5.82 Å². The van der Waals surface area contributed by atoms with Crippen molar-refractivity contribution in [3.05, 3.63) is 24.0 Å². The van der Waals surface area contributed by atoms with Gasteiger partial charge in [0.15, 0.2) is 5.82 Å². The van der Waals surface area contributed by atoms with Crippen molar-refractivity contribution in [3.8, 4) is 0 Å². The third-order valence-corrected chi connectivity index (χ3v) is 5.15. The first-order chi connectivity index (χ1) is 12.5. The molecule has 2 atom stereocenters. The Labute approximate surface area is 154 Å². The molecule has 1 aromatic carbocycles. The number of H-pyrrole nitrogens is 1. The number of aromatic amines is 1. The van der Waals surface area contributed by atoms with Crippen LogP contribution in [0.4, 0.5) is 10.2 Å². The number of aliphatic hydroxyl groups is 1. The van der Waals surface area contributed by atoms with E-state index in [0.29, 0.717) is 11.9 Å². The number of thioether (sulfide) groups is 1. The van der Waals surface area contributed by atoms with E-state index >= 15 is 0 Å². The predicted octanol–water partition coefficient (Wildman–Crippen LogP) is 1.29. The maximum Gasteiger partial charge on any atom is 0.229 e. The minimum atomic E-state index is -0.552. The van der Waals surface area contributed by atoms with Gasteiger partial charge in [-0.25, -0.2) is 4.39 Å². The number of carbonyl (C=O) groups is 2. The molecule has 1 aromatic heterocycles. The van der Waals surface area contributed by atoms with Gasteiger partial charge in [0.2, 0.25) is 11.8 Å². The van der Waals surface area contributed by atoms with Crippen LogP contribution in [0.3, 0.4) is 0 Å². The number of amides is 2. The fourth-order valence-electron chi connectivity index (χ4n) is 3.09. The molecular weight excluding hydrogens is 359 g/mol. The van der Waals surface area contributed by atoms with Gasteiger partial charge in [0.25, 0.3) is 0 Å². The van der Waals surface area contributed by atoms with Crippen molar-refractivity contribution in [2.75, 3.05) is 30.1 Å². The number of hydrogen-bond donors (Lipinski definition) is 3. The van der Waals surface area contributed by atoms with Crippen LogP contribution >= 0.6 is 11.8 Å². The molecule has 1 aliphatic heterocycles. The summed E-state index contributed by atoms with van der Waals surface area (Å²) in [6.07, 6.45) is 2.65. The maximum absolute atomic E-state index is 14.1. The number of anilines is 1. The molecule has 3 N–H and O–H groups in total. The number of carbonyl (C=O) groups excluding carboxylic acids is 2. The van der Waals surface area contributed by atoms with Crippen molar-refractivity contribution in [2.45, 2.75) is 18.9 Å². The van der Waals surface area contributed by atoms with Crippen LogP contribution in [0.2, 0.25) is 0 Å². The third kappa shape index (κ3) is 3.68. The second kappa shape index (κ2) is 8.05. The molecule has 2 heterocycles. The van der Waals surface area contributed by atoms with Gasteiger partial charge in [0.05, 0.1) is 29.5 Å². The molecule has 0 bridgehead atoms. The summed E-state index contributed by atoms with van der Waals surface area (Å²) in [5, 5.41) is 19.2. The number of hydrogen-bond acceptors (Lipinski definition) is 5. The molecule has 140 valence electrons. The minimum absolute atomic E-state index is 0.0370. The van der Waals surface area contributed by atoms with E-state index in [4.69, 9.17) is 0 Å². The van der Waals surface area contributed by atoms with Crippen LogP contribution in [-0.2, 0) is 9.59 Å². The van der Waals surface area contributed by atoms with E-state index in [1.807, 2.05) is 6.26 Å². The van der Waals surface area contributed by atoms with Crippen LogP contribution in [0, 0.1) is 11.7 Å². The first-order valence-corrected chi connectivity index (χ1v) is 9.77. The number of benzene rings is 1. The zero-order valence-electron chi connectivity index (χ0n) is 14.4. The second-order valence-electron chi connectivity index (χ2n) is 6.28. The average Bonchev–Trinajstić information content (AvgIpc) is 3.22. The van der Waals surface area contributed by atoms with E-state index in [0.717, 1.165) is 5.75 Å². The highest BCUT2D eigenvalue weighted by Crippen LogP contribution is 2.31. The summed E-state index contributed by atoms with van der Waals surface area (Å²) in [5.74, 6) is -0.541. The highest BCUT2D eigenvalue weighted by atomic mass is 32.2. The number of aliphatic hydroxyl groups excluding tert-OH is 1. The number of fused-ring (bicyclic) bond motifs is 1. The minimum Gasteiger partial charge on any atom is -0.394 e. The Balaban J connectivity index is 1.73. The fourth-order valence-corrected chi connectivity index (χ4v) is 3.61. The molecule has 0 radical (unpaired) electrons. The highest BCUT2D eigenvalue weighted by molar-refractivity contribution is 7.98. The lowest BCUT2D eigenvalue weighted by Crippen LogP contribution is -2.42. The van der Waals surface area contributed by atoms with Crippen molar-refractivity contribution in [3.63, 3.8) is 0 Å². The maximum atomic E-state index is 14.1. The van der Waals surface area contributed by atoms with Crippen molar-refractivity contribution < 1.29 is 19.1 Å². The van der Waals surface area contributed by atoms with E-state index in [2.05, 4.69) is 15.5 Å². The molecule has 7 nitrogen and oxygen atoms in total. The summed E-state index contributed by atoms with van der Waals surface area (Å²) in [4.78, 5) is 26.2. The summed E-state index contributed by atoms with van der Waals surface area (Å²) in [5.41, 5.74) is 0.498. The largest absolute Gasteiger partial charge is 0.394 e. The van der Waals surface area contributed by atoms with Gasteiger partial charge in [0, 0.05) is 13.0 Å². The van der Waals surface area contributed by atoms with Gasteiger partial charge >= 0.3 is 0 Å². The lowest BCUT2D eigenvalue weighted by Gasteiger charge is -2.19. The van der Waals surface area contributed by atoms with Gasteiger partial charge in [-0.15, -0.1) is 0 Å². The van der Waals surface area contributed by atoms with Gasteiger partial charge in [-0.3, -0.25) is 19.6 Å². The number of halogens is 1. The molecule has 0 spiro atoms. The quantitative estimate of drug-likeness (QED) is 0.672. The normalized spacial score (nSPS) is 18.5. The molecular formula is C17H21FN4O3S. The number of nitrogens with one attached hydrogen (secondary N) is 2. The van der Waals surface area contributed by atoms with Crippen molar-refractivity contribution in [2.24, 2.45) is 5.92 Å². The van der Waals surface area contributed by atoms with Crippen LogP contribution in [0.15, 0.2) is 18.2 Å². The molecule has 1 aliphatic rings. The van der Waals surface area contributed by atoms with Crippen LogP contribution in [0.25, 0.3) is 10.9 Å². The molecule has 0 aliphatic carbocycles. The first-order valence-electron chi connectivity index (χ1n) is 8.38. The molecule has 9 heteroatoms. The first kappa shape index (κ1) is 18.7. The van der Waals surface area contributed by atoms with Gasteiger partial charge in [-0.1, -0.05) is 6.07 Å². The fraction of sp³-hybridized carbons (Fsp3) is 0.471. The molecule has 2 aromatic rings. The molecule has 26 heavy (non-hydrogen) atoms. The lowest BCUT2D eigenvalue weighted by atomic mass is 10.1. The molecule has 1 saturated heterocycles. The van der Waals surface area contributed by atoms with Crippen molar-refractivity contribution in [1.82, 2.24) is 15.5 Å². The Morgan fingerprint density at radius 1 is 1.58 bits per heavy atom. The number of rotatable bonds is 7. The topological polar surface area (TPSA) is 98.3 Å². The summed E-state index contributed by atoms with van der Waals surface area (Å²) in [6, 6.07) is 4.22. The third-order valence-electron chi connectivity index (χ3n) is 4.51. The number of aromatic nitrogens is 2. The lowest BCUT2D eigenvalue weighted by molar-refractivity contribution is -0.127. The van der Waals surface area contributed by atoms with E-state index in [-0.39, 0.29) is 48.6 Å². The zero-order valence-corrected chi connectivity index (χ0v) is 15.2.